The molecule has 0 aliphatic carbocycles. The minimum atomic E-state index is -0.640. The van der Waals surface area contributed by atoms with Gasteiger partial charge in [-0.25, -0.2) is 4.39 Å². The summed E-state index contributed by atoms with van der Waals surface area (Å²) in [5, 5.41) is 3.84. The van der Waals surface area contributed by atoms with Gasteiger partial charge in [0.25, 0.3) is 0 Å². The highest BCUT2D eigenvalue weighted by Gasteiger charge is 2.38. The van der Waals surface area contributed by atoms with Gasteiger partial charge in [-0.1, -0.05) is 23.4 Å². The summed E-state index contributed by atoms with van der Waals surface area (Å²) < 4.78 is 25.2. The van der Waals surface area contributed by atoms with Gasteiger partial charge in [-0.05, 0) is 19.4 Å². The minimum Gasteiger partial charge on any atom is -0.379 e. The van der Waals surface area contributed by atoms with Gasteiger partial charge in [0.15, 0.2) is 5.82 Å². The second-order valence-electron chi connectivity index (χ2n) is 7.02. The predicted octanol–water partition coefficient (Wildman–Crippen LogP) is 1.91. The molecule has 144 valence electrons. The van der Waals surface area contributed by atoms with E-state index >= 15 is 0 Å². The Morgan fingerprint density at radius 2 is 2.04 bits per heavy atom. The van der Waals surface area contributed by atoms with Crippen molar-refractivity contribution < 1.29 is 18.4 Å². The molecule has 0 bridgehead atoms. The van der Waals surface area contributed by atoms with E-state index in [0.717, 1.165) is 6.42 Å². The van der Waals surface area contributed by atoms with Crippen molar-refractivity contribution in [3.05, 3.63) is 47.4 Å². The van der Waals surface area contributed by atoms with Crippen LogP contribution in [0.5, 0.6) is 0 Å². The van der Waals surface area contributed by atoms with Gasteiger partial charge in [-0.2, -0.15) is 4.98 Å². The first-order chi connectivity index (χ1) is 13.1. The van der Waals surface area contributed by atoms with Crippen LogP contribution in [-0.2, 0) is 9.53 Å². The first kappa shape index (κ1) is 18.1. The van der Waals surface area contributed by atoms with Gasteiger partial charge in [0.2, 0.25) is 11.8 Å². The Balaban J connectivity index is 1.56. The summed E-state index contributed by atoms with van der Waals surface area (Å²) in [7, 11) is 0. The molecule has 2 saturated heterocycles. The Kier molecular flexibility index (Phi) is 5.18. The Hall–Kier alpha value is -2.32. The number of carbonyl (C=O) groups is 1. The number of halogens is 1. The SMILES string of the molecule is Cc1noc(C2CCN(C(=O)C(c3ccccc3F)N3CCOCC3)C2)n1. The highest BCUT2D eigenvalue weighted by atomic mass is 19.1. The molecule has 0 N–H and O–H groups in total. The molecule has 1 amide bonds. The summed E-state index contributed by atoms with van der Waals surface area (Å²) in [6.45, 7) is 5.17. The van der Waals surface area contributed by atoms with Crippen LogP contribution in [0.4, 0.5) is 4.39 Å². The molecule has 2 aromatic rings. The quantitative estimate of drug-likeness (QED) is 0.814. The number of ether oxygens (including phenoxy) is 1. The van der Waals surface area contributed by atoms with Gasteiger partial charge >= 0.3 is 0 Å². The van der Waals surface area contributed by atoms with E-state index < -0.39 is 6.04 Å². The van der Waals surface area contributed by atoms with Gasteiger partial charge in [-0.3, -0.25) is 9.69 Å². The molecule has 1 aromatic carbocycles. The maximum Gasteiger partial charge on any atom is 0.244 e. The number of likely N-dealkylation sites (tertiary alicyclic amines) is 1. The van der Waals surface area contributed by atoms with Crippen LogP contribution in [0.2, 0.25) is 0 Å². The molecule has 1 aromatic heterocycles. The molecule has 7 nitrogen and oxygen atoms in total. The van der Waals surface area contributed by atoms with Gasteiger partial charge in [0, 0.05) is 31.7 Å². The maximum absolute atomic E-state index is 14.5. The summed E-state index contributed by atoms with van der Waals surface area (Å²) in [4.78, 5) is 21.5. The lowest BCUT2D eigenvalue weighted by Gasteiger charge is -2.36. The molecule has 2 fully saturated rings. The normalized spacial score (nSPS) is 22.1. The van der Waals surface area contributed by atoms with E-state index in [1.165, 1.54) is 6.07 Å². The zero-order chi connectivity index (χ0) is 18.8. The van der Waals surface area contributed by atoms with Crippen molar-refractivity contribution in [2.45, 2.75) is 25.3 Å². The second-order valence-corrected chi connectivity index (χ2v) is 7.02. The molecule has 0 radical (unpaired) electrons. The van der Waals surface area contributed by atoms with Crippen LogP contribution in [0, 0.1) is 12.7 Å². The standard InChI is InChI=1S/C19H23FN4O3/c1-13-21-18(27-22-13)14-6-7-24(12-14)19(25)17(23-8-10-26-11-9-23)15-4-2-3-5-16(15)20/h2-5,14,17H,6-12H2,1H3. The van der Waals surface area contributed by atoms with Crippen LogP contribution in [0.25, 0.3) is 0 Å². The van der Waals surface area contributed by atoms with E-state index in [-0.39, 0.29) is 17.6 Å². The van der Waals surface area contributed by atoms with E-state index in [9.17, 15) is 9.18 Å². The fraction of sp³-hybridized carbons (Fsp3) is 0.526. The Labute approximate surface area is 157 Å². The van der Waals surface area contributed by atoms with E-state index in [4.69, 9.17) is 9.26 Å². The molecular weight excluding hydrogens is 351 g/mol. The van der Waals surface area contributed by atoms with Gasteiger partial charge < -0.3 is 14.2 Å². The Bertz CT molecular complexity index is 806. The van der Waals surface area contributed by atoms with Crippen LogP contribution < -0.4 is 0 Å². The molecule has 0 saturated carbocycles. The van der Waals surface area contributed by atoms with E-state index in [1.54, 1.807) is 30.0 Å². The van der Waals surface area contributed by atoms with Crippen molar-refractivity contribution >= 4 is 5.91 Å². The lowest BCUT2D eigenvalue weighted by atomic mass is 10.0. The largest absolute Gasteiger partial charge is 0.379 e. The number of benzene rings is 1. The van der Waals surface area contributed by atoms with Crippen molar-refractivity contribution in [1.29, 1.82) is 0 Å². The second kappa shape index (κ2) is 7.74. The van der Waals surface area contributed by atoms with Crippen LogP contribution in [0.15, 0.2) is 28.8 Å². The molecule has 0 spiro atoms. The molecule has 4 rings (SSSR count). The van der Waals surface area contributed by atoms with Crippen molar-refractivity contribution in [1.82, 2.24) is 19.9 Å². The van der Waals surface area contributed by atoms with Crippen LogP contribution >= 0.6 is 0 Å². The number of nitrogens with zero attached hydrogens (tertiary/aromatic N) is 4. The van der Waals surface area contributed by atoms with Crippen LogP contribution in [0.1, 0.15) is 35.7 Å². The molecule has 2 aliphatic heterocycles. The third-order valence-electron chi connectivity index (χ3n) is 5.24. The zero-order valence-corrected chi connectivity index (χ0v) is 15.3. The Morgan fingerprint density at radius 1 is 1.26 bits per heavy atom. The van der Waals surface area contributed by atoms with Gasteiger partial charge in [0.05, 0.1) is 19.1 Å². The summed E-state index contributed by atoms with van der Waals surface area (Å²) in [5.74, 6) is 0.747. The monoisotopic (exact) mass is 374 g/mol. The zero-order valence-electron chi connectivity index (χ0n) is 15.3. The summed E-state index contributed by atoms with van der Waals surface area (Å²) in [6, 6.07) is 5.88. The van der Waals surface area contributed by atoms with Crippen molar-refractivity contribution in [2.24, 2.45) is 0 Å². The van der Waals surface area contributed by atoms with Gasteiger partial charge in [0.1, 0.15) is 11.9 Å². The topological polar surface area (TPSA) is 71.7 Å². The highest BCUT2D eigenvalue weighted by molar-refractivity contribution is 5.83. The molecule has 27 heavy (non-hydrogen) atoms. The lowest BCUT2D eigenvalue weighted by Crippen LogP contribution is -2.47. The van der Waals surface area contributed by atoms with E-state index in [0.29, 0.717) is 56.7 Å². The fourth-order valence-electron chi connectivity index (χ4n) is 3.83. The van der Waals surface area contributed by atoms with Crippen LogP contribution in [0.3, 0.4) is 0 Å². The lowest BCUT2D eigenvalue weighted by molar-refractivity contribution is -0.138. The average Bonchev–Trinajstić information content (AvgIpc) is 3.33. The number of morpholine rings is 1. The smallest absolute Gasteiger partial charge is 0.244 e. The highest BCUT2D eigenvalue weighted by Crippen LogP contribution is 2.31. The third kappa shape index (κ3) is 3.72. The molecule has 2 aliphatic rings. The fourth-order valence-corrected chi connectivity index (χ4v) is 3.83. The number of aryl methyl sites for hydroxylation is 1. The number of hydrogen-bond donors (Lipinski definition) is 0. The summed E-state index contributed by atoms with van der Waals surface area (Å²) >= 11 is 0. The van der Waals surface area contributed by atoms with E-state index in [1.807, 2.05) is 4.90 Å². The number of hydrogen-bond acceptors (Lipinski definition) is 6. The number of amides is 1. The van der Waals surface area contributed by atoms with Crippen LogP contribution in [-0.4, -0.2) is 65.2 Å². The minimum absolute atomic E-state index is 0.0288. The molecule has 2 atom stereocenters. The van der Waals surface area contributed by atoms with Gasteiger partial charge in [-0.15, -0.1) is 0 Å². The first-order valence-corrected chi connectivity index (χ1v) is 9.28. The van der Waals surface area contributed by atoms with Crippen molar-refractivity contribution in [3.63, 3.8) is 0 Å². The molecular formula is C19H23FN4O3. The summed E-state index contributed by atoms with van der Waals surface area (Å²) in [5.41, 5.74) is 0.418. The molecule has 3 heterocycles. The maximum atomic E-state index is 14.5. The number of rotatable bonds is 4. The molecule has 8 heteroatoms. The molecule has 2 unspecified atom stereocenters. The Morgan fingerprint density at radius 3 is 2.74 bits per heavy atom. The van der Waals surface area contributed by atoms with Crippen molar-refractivity contribution in [3.8, 4) is 0 Å². The first-order valence-electron chi connectivity index (χ1n) is 9.28. The van der Waals surface area contributed by atoms with Crippen molar-refractivity contribution in [2.75, 3.05) is 39.4 Å². The summed E-state index contributed by atoms with van der Waals surface area (Å²) in [6.07, 6.45) is 0.764. The van der Waals surface area contributed by atoms with E-state index in [2.05, 4.69) is 10.1 Å². The average molecular weight is 374 g/mol. The predicted molar refractivity (Wildman–Crippen MR) is 94.5 cm³/mol. The number of carbonyl (C=O) groups excluding carboxylic acids is 1. The number of aromatic nitrogens is 2. The third-order valence-corrected chi connectivity index (χ3v) is 5.24.